The van der Waals surface area contributed by atoms with E-state index in [9.17, 15) is 9.59 Å². The first kappa shape index (κ1) is 21.4. The predicted molar refractivity (Wildman–Crippen MR) is 124 cm³/mol. The molecule has 2 heterocycles. The Bertz CT molecular complexity index is 937. The molecule has 2 fully saturated rings. The lowest BCUT2D eigenvalue weighted by Crippen LogP contribution is -2.34. The monoisotopic (exact) mass is 419 g/mol. The van der Waals surface area contributed by atoms with Crippen molar-refractivity contribution < 1.29 is 9.59 Å². The van der Waals surface area contributed by atoms with Crippen molar-refractivity contribution in [1.29, 1.82) is 0 Å². The summed E-state index contributed by atoms with van der Waals surface area (Å²) in [7, 11) is 0. The molecule has 2 atom stereocenters. The SMILES string of the molecule is CC(=O)NCCCc1cccc(N2CC3CN(C(=O)c4c(C)cccc4C)CC3C2)c1. The van der Waals surface area contributed by atoms with Crippen molar-refractivity contribution in [3.8, 4) is 0 Å². The zero-order valence-electron chi connectivity index (χ0n) is 18.9. The van der Waals surface area contributed by atoms with Crippen molar-refractivity contribution in [2.45, 2.75) is 33.6 Å². The molecule has 2 aliphatic rings. The molecule has 1 N–H and O–H groups in total. The lowest BCUT2D eigenvalue weighted by molar-refractivity contribution is -0.118. The maximum Gasteiger partial charge on any atom is 0.254 e. The number of carbonyl (C=O) groups is 2. The second-order valence-electron chi connectivity index (χ2n) is 9.16. The zero-order valence-corrected chi connectivity index (χ0v) is 18.9. The van der Waals surface area contributed by atoms with Crippen LogP contribution in [0.3, 0.4) is 0 Å². The number of likely N-dealkylation sites (tertiary alicyclic amines) is 1. The van der Waals surface area contributed by atoms with E-state index in [1.54, 1.807) is 6.92 Å². The molecule has 0 saturated carbocycles. The molecule has 2 aromatic carbocycles. The van der Waals surface area contributed by atoms with Crippen molar-refractivity contribution in [2.24, 2.45) is 11.8 Å². The van der Waals surface area contributed by atoms with Crippen LogP contribution in [0.5, 0.6) is 0 Å². The fourth-order valence-electron chi connectivity index (χ4n) is 5.15. The van der Waals surface area contributed by atoms with E-state index in [1.807, 2.05) is 32.0 Å². The minimum atomic E-state index is 0.0301. The van der Waals surface area contributed by atoms with Gasteiger partial charge < -0.3 is 15.1 Å². The van der Waals surface area contributed by atoms with Gasteiger partial charge in [0.1, 0.15) is 0 Å². The largest absolute Gasteiger partial charge is 0.371 e. The molecule has 0 bridgehead atoms. The third-order valence-corrected chi connectivity index (χ3v) is 6.76. The second kappa shape index (κ2) is 9.13. The average Bonchev–Trinajstić information content (AvgIpc) is 3.30. The number of aryl methyl sites for hydroxylation is 3. The number of rotatable bonds is 6. The molecule has 0 radical (unpaired) electrons. The summed E-state index contributed by atoms with van der Waals surface area (Å²) < 4.78 is 0. The van der Waals surface area contributed by atoms with Crippen LogP contribution in [0.1, 0.15) is 40.4 Å². The van der Waals surface area contributed by atoms with E-state index in [1.165, 1.54) is 11.3 Å². The number of carbonyl (C=O) groups excluding carboxylic acids is 2. The normalized spacial score (nSPS) is 20.1. The molecule has 2 unspecified atom stereocenters. The third-order valence-electron chi connectivity index (χ3n) is 6.76. The number of nitrogens with one attached hydrogen (secondary N) is 1. The summed E-state index contributed by atoms with van der Waals surface area (Å²) in [4.78, 5) is 28.7. The van der Waals surface area contributed by atoms with Gasteiger partial charge in [-0.05, 0) is 55.5 Å². The van der Waals surface area contributed by atoms with Crippen molar-refractivity contribution >= 4 is 17.5 Å². The first-order valence-electron chi connectivity index (χ1n) is 11.4. The maximum atomic E-state index is 13.2. The van der Waals surface area contributed by atoms with E-state index in [0.717, 1.165) is 62.3 Å². The Balaban J connectivity index is 1.35. The maximum absolute atomic E-state index is 13.2. The number of anilines is 1. The fraction of sp³-hybridized carbons (Fsp3) is 0.462. The van der Waals surface area contributed by atoms with Gasteiger partial charge >= 0.3 is 0 Å². The summed E-state index contributed by atoms with van der Waals surface area (Å²) in [6.45, 7) is 10.1. The van der Waals surface area contributed by atoms with Crippen LogP contribution in [0.4, 0.5) is 5.69 Å². The average molecular weight is 420 g/mol. The van der Waals surface area contributed by atoms with Gasteiger partial charge in [0.15, 0.2) is 0 Å². The molecule has 2 aliphatic heterocycles. The zero-order chi connectivity index (χ0) is 22.0. The Morgan fingerprint density at radius 2 is 1.61 bits per heavy atom. The van der Waals surface area contributed by atoms with Crippen molar-refractivity contribution in [3.63, 3.8) is 0 Å². The van der Waals surface area contributed by atoms with Gasteiger partial charge in [0.25, 0.3) is 5.91 Å². The highest BCUT2D eigenvalue weighted by atomic mass is 16.2. The predicted octanol–water partition coefficient (Wildman–Crippen LogP) is 3.58. The molecule has 0 aromatic heterocycles. The summed E-state index contributed by atoms with van der Waals surface area (Å²) in [5.41, 5.74) is 5.61. The molecule has 164 valence electrons. The fourth-order valence-corrected chi connectivity index (χ4v) is 5.15. The standard InChI is InChI=1S/C26H33N3O2/c1-18-7-4-8-19(2)25(18)26(31)29-16-22-14-28(15-23(22)17-29)24-11-5-9-21(13-24)10-6-12-27-20(3)30/h4-5,7-9,11,13,22-23H,6,10,12,14-17H2,1-3H3,(H,27,30). The smallest absolute Gasteiger partial charge is 0.254 e. The molecular formula is C26H33N3O2. The van der Waals surface area contributed by atoms with Gasteiger partial charge in [-0.2, -0.15) is 0 Å². The van der Waals surface area contributed by atoms with Gasteiger partial charge in [-0.25, -0.2) is 0 Å². The van der Waals surface area contributed by atoms with Gasteiger partial charge in [0.2, 0.25) is 5.91 Å². The number of hydrogen-bond acceptors (Lipinski definition) is 3. The molecular weight excluding hydrogens is 386 g/mol. The van der Waals surface area contributed by atoms with Gasteiger partial charge in [0.05, 0.1) is 0 Å². The number of benzene rings is 2. The van der Waals surface area contributed by atoms with Crippen molar-refractivity contribution in [3.05, 3.63) is 64.7 Å². The molecule has 2 aromatic rings. The Hall–Kier alpha value is -2.82. The lowest BCUT2D eigenvalue weighted by atomic mass is 10.0. The van der Waals surface area contributed by atoms with Gasteiger partial charge in [-0.15, -0.1) is 0 Å². The molecule has 5 nitrogen and oxygen atoms in total. The van der Waals surface area contributed by atoms with E-state index in [0.29, 0.717) is 11.8 Å². The summed E-state index contributed by atoms with van der Waals surface area (Å²) in [5.74, 6) is 1.30. The van der Waals surface area contributed by atoms with E-state index in [2.05, 4.69) is 39.4 Å². The first-order chi connectivity index (χ1) is 14.9. The summed E-state index contributed by atoms with van der Waals surface area (Å²) in [6.07, 6.45) is 1.91. The molecule has 31 heavy (non-hydrogen) atoms. The van der Waals surface area contributed by atoms with Crippen LogP contribution in [-0.4, -0.2) is 49.4 Å². The number of fused-ring (bicyclic) bond motifs is 1. The van der Waals surface area contributed by atoms with E-state index < -0.39 is 0 Å². The third kappa shape index (κ3) is 4.76. The van der Waals surface area contributed by atoms with E-state index in [-0.39, 0.29) is 11.8 Å². The van der Waals surface area contributed by atoms with Crippen LogP contribution in [0.25, 0.3) is 0 Å². The summed E-state index contributed by atoms with van der Waals surface area (Å²) >= 11 is 0. The number of hydrogen-bond donors (Lipinski definition) is 1. The van der Waals surface area contributed by atoms with Crippen LogP contribution < -0.4 is 10.2 Å². The minimum Gasteiger partial charge on any atom is -0.371 e. The Kier molecular flexibility index (Phi) is 6.30. The van der Waals surface area contributed by atoms with E-state index >= 15 is 0 Å². The van der Waals surface area contributed by atoms with Crippen molar-refractivity contribution in [2.75, 3.05) is 37.6 Å². The quantitative estimate of drug-likeness (QED) is 0.728. The van der Waals surface area contributed by atoms with Crippen LogP contribution in [0, 0.1) is 25.7 Å². The van der Waals surface area contributed by atoms with Gasteiger partial charge in [-0.3, -0.25) is 9.59 Å². The first-order valence-corrected chi connectivity index (χ1v) is 11.4. The Morgan fingerprint density at radius 1 is 0.968 bits per heavy atom. The summed E-state index contributed by atoms with van der Waals surface area (Å²) in [6, 6.07) is 14.9. The highest BCUT2D eigenvalue weighted by Gasteiger charge is 2.42. The molecule has 2 amide bonds. The molecule has 4 rings (SSSR count). The number of amides is 2. The minimum absolute atomic E-state index is 0.0301. The van der Waals surface area contributed by atoms with Crippen molar-refractivity contribution in [1.82, 2.24) is 10.2 Å². The topological polar surface area (TPSA) is 52.7 Å². The second-order valence-corrected chi connectivity index (χ2v) is 9.16. The molecule has 2 saturated heterocycles. The van der Waals surface area contributed by atoms with Gasteiger partial charge in [0, 0.05) is 62.7 Å². The highest BCUT2D eigenvalue weighted by Crippen LogP contribution is 2.35. The number of nitrogens with zero attached hydrogens (tertiary/aromatic N) is 2. The Labute approximate surface area is 185 Å². The molecule has 5 heteroatoms. The highest BCUT2D eigenvalue weighted by molar-refractivity contribution is 5.97. The molecule has 0 spiro atoms. The van der Waals surface area contributed by atoms with Crippen LogP contribution in [0.15, 0.2) is 42.5 Å². The molecule has 0 aliphatic carbocycles. The van der Waals surface area contributed by atoms with Gasteiger partial charge in [-0.1, -0.05) is 30.3 Å². The summed E-state index contributed by atoms with van der Waals surface area (Å²) in [5, 5.41) is 2.86. The Morgan fingerprint density at radius 3 is 2.26 bits per heavy atom. The lowest BCUT2D eigenvalue weighted by Gasteiger charge is -2.24. The van der Waals surface area contributed by atoms with Crippen LogP contribution >= 0.6 is 0 Å². The van der Waals surface area contributed by atoms with Crippen LogP contribution in [-0.2, 0) is 11.2 Å². The van der Waals surface area contributed by atoms with E-state index in [4.69, 9.17) is 0 Å². The van der Waals surface area contributed by atoms with Crippen LogP contribution in [0.2, 0.25) is 0 Å².